The van der Waals surface area contributed by atoms with Gasteiger partial charge < -0.3 is 28.4 Å². The number of amides is 2. The van der Waals surface area contributed by atoms with Crippen LogP contribution in [-0.4, -0.2) is 55.2 Å². The Balaban J connectivity index is 1.53. The van der Waals surface area contributed by atoms with Crippen LogP contribution in [0.4, 0.5) is 0 Å². The lowest BCUT2D eigenvalue weighted by molar-refractivity contribution is -0.133. The Labute approximate surface area is 202 Å². The lowest BCUT2D eigenvalue weighted by Crippen LogP contribution is -2.43. The van der Waals surface area contributed by atoms with Crippen molar-refractivity contribution in [3.05, 3.63) is 69.8 Å². The summed E-state index contributed by atoms with van der Waals surface area (Å²) >= 11 is 1.62. The van der Waals surface area contributed by atoms with Crippen molar-refractivity contribution in [1.29, 1.82) is 0 Å². The molecule has 0 atom stereocenters. The average Bonchev–Trinajstić information content (AvgIpc) is 3.60. The SMILES string of the molecule is COCCCN(CC(=O)N(Cc1ccc2c(c1)OCO2)Cc1sccc1C)C(=O)c1ccco1. The maximum atomic E-state index is 13.6. The number of hydrogen-bond acceptors (Lipinski definition) is 7. The van der Waals surface area contributed by atoms with Gasteiger partial charge in [-0.25, -0.2) is 0 Å². The zero-order chi connectivity index (χ0) is 23.9. The molecule has 0 saturated carbocycles. The van der Waals surface area contributed by atoms with Crippen LogP contribution in [0.1, 0.15) is 33.0 Å². The Morgan fingerprint density at radius 2 is 1.94 bits per heavy atom. The van der Waals surface area contributed by atoms with Crippen LogP contribution >= 0.6 is 11.3 Å². The van der Waals surface area contributed by atoms with Gasteiger partial charge in [-0.3, -0.25) is 9.59 Å². The van der Waals surface area contributed by atoms with Crippen LogP contribution in [0, 0.1) is 6.92 Å². The van der Waals surface area contributed by atoms with Gasteiger partial charge in [-0.05, 0) is 60.2 Å². The summed E-state index contributed by atoms with van der Waals surface area (Å²) in [6.45, 7) is 3.89. The fourth-order valence-electron chi connectivity index (χ4n) is 3.70. The second-order valence-electron chi connectivity index (χ2n) is 8.01. The molecule has 1 aromatic carbocycles. The Hall–Kier alpha value is -3.30. The number of fused-ring (bicyclic) bond motifs is 1. The van der Waals surface area contributed by atoms with Crippen LogP contribution in [0.3, 0.4) is 0 Å². The molecule has 8 nitrogen and oxygen atoms in total. The van der Waals surface area contributed by atoms with E-state index in [2.05, 4.69) is 0 Å². The standard InChI is InChI=1S/C25H28N2O6S/c1-18-8-12-34-23(18)15-27(14-19-6-7-20-22(13-19)33-17-32-20)24(28)16-26(9-4-10-30-2)25(29)21-5-3-11-31-21/h3,5-8,11-13H,4,9-10,14-17H2,1-2H3. The van der Waals surface area contributed by atoms with Gasteiger partial charge in [0.05, 0.1) is 12.8 Å². The third-order valence-corrected chi connectivity index (χ3v) is 6.60. The van der Waals surface area contributed by atoms with Crippen LogP contribution in [0.2, 0.25) is 0 Å². The molecular weight excluding hydrogens is 456 g/mol. The first-order valence-corrected chi connectivity index (χ1v) is 11.9. The van der Waals surface area contributed by atoms with Crippen molar-refractivity contribution in [1.82, 2.24) is 9.80 Å². The summed E-state index contributed by atoms with van der Waals surface area (Å²) in [5.41, 5.74) is 2.06. The van der Waals surface area contributed by atoms with Crippen molar-refractivity contribution < 1.29 is 28.2 Å². The topological polar surface area (TPSA) is 81.5 Å². The summed E-state index contributed by atoms with van der Waals surface area (Å²) in [5.74, 6) is 1.12. The molecule has 1 aliphatic heterocycles. The largest absolute Gasteiger partial charge is 0.459 e. The summed E-state index contributed by atoms with van der Waals surface area (Å²) < 4.78 is 21.3. The predicted molar refractivity (Wildman–Crippen MR) is 127 cm³/mol. The van der Waals surface area contributed by atoms with Crippen molar-refractivity contribution in [3.8, 4) is 11.5 Å². The van der Waals surface area contributed by atoms with Gasteiger partial charge in [0.2, 0.25) is 12.7 Å². The van der Waals surface area contributed by atoms with Gasteiger partial charge in [-0.1, -0.05) is 6.07 Å². The second kappa shape index (κ2) is 11.2. The summed E-state index contributed by atoms with van der Waals surface area (Å²) in [5, 5.41) is 2.02. The van der Waals surface area contributed by atoms with E-state index in [1.165, 1.54) is 11.2 Å². The summed E-state index contributed by atoms with van der Waals surface area (Å²) in [6.07, 6.45) is 2.07. The number of nitrogens with zero attached hydrogens (tertiary/aromatic N) is 2. The van der Waals surface area contributed by atoms with Crippen molar-refractivity contribution in [3.63, 3.8) is 0 Å². The van der Waals surface area contributed by atoms with Crippen LogP contribution in [0.25, 0.3) is 0 Å². The number of carbonyl (C=O) groups excluding carboxylic acids is 2. The highest BCUT2D eigenvalue weighted by molar-refractivity contribution is 7.10. The molecule has 2 amide bonds. The fourth-order valence-corrected chi connectivity index (χ4v) is 4.62. The van der Waals surface area contributed by atoms with Crippen molar-refractivity contribution in [2.75, 3.05) is 33.6 Å². The molecule has 0 fully saturated rings. The molecule has 1 aliphatic rings. The van der Waals surface area contributed by atoms with E-state index in [4.69, 9.17) is 18.6 Å². The van der Waals surface area contributed by atoms with Crippen molar-refractivity contribution in [2.24, 2.45) is 0 Å². The Bertz CT molecular complexity index is 1110. The Morgan fingerprint density at radius 3 is 2.68 bits per heavy atom. The number of carbonyl (C=O) groups is 2. The van der Waals surface area contributed by atoms with Gasteiger partial charge in [0.25, 0.3) is 5.91 Å². The number of thiophene rings is 1. The predicted octanol–water partition coefficient (Wildman–Crippen LogP) is 4.09. The van der Waals surface area contributed by atoms with Gasteiger partial charge in [0.15, 0.2) is 17.3 Å². The van der Waals surface area contributed by atoms with E-state index < -0.39 is 0 Å². The Morgan fingerprint density at radius 1 is 1.09 bits per heavy atom. The summed E-state index contributed by atoms with van der Waals surface area (Å²) in [7, 11) is 1.61. The zero-order valence-corrected chi connectivity index (χ0v) is 20.1. The minimum absolute atomic E-state index is 0.0573. The fraction of sp³-hybridized carbons (Fsp3) is 0.360. The minimum Gasteiger partial charge on any atom is -0.459 e. The molecule has 0 spiro atoms. The minimum atomic E-state index is -0.315. The molecule has 9 heteroatoms. The van der Waals surface area contributed by atoms with Gasteiger partial charge in [0.1, 0.15) is 6.54 Å². The van der Waals surface area contributed by atoms with Gasteiger partial charge in [0, 0.05) is 31.7 Å². The molecule has 0 bridgehead atoms. The monoisotopic (exact) mass is 484 g/mol. The first-order valence-electron chi connectivity index (χ1n) is 11.1. The number of aryl methyl sites for hydroxylation is 1. The number of benzene rings is 1. The molecule has 2 aromatic heterocycles. The van der Waals surface area contributed by atoms with Crippen molar-refractivity contribution >= 4 is 23.2 Å². The quantitative estimate of drug-likeness (QED) is 0.382. The number of methoxy groups -OCH3 is 1. The van der Waals surface area contributed by atoms with E-state index in [9.17, 15) is 9.59 Å². The third kappa shape index (κ3) is 5.78. The molecule has 0 unspecified atom stereocenters. The molecule has 180 valence electrons. The lowest BCUT2D eigenvalue weighted by atomic mass is 10.1. The normalized spacial score (nSPS) is 12.1. The maximum Gasteiger partial charge on any atom is 0.290 e. The highest BCUT2D eigenvalue weighted by atomic mass is 32.1. The molecule has 4 rings (SSSR count). The molecular formula is C25H28N2O6S. The van der Waals surface area contributed by atoms with E-state index in [1.54, 1.807) is 35.5 Å². The molecule has 0 aliphatic carbocycles. The highest BCUT2D eigenvalue weighted by Gasteiger charge is 2.25. The number of ether oxygens (including phenoxy) is 3. The van der Waals surface area contributed by atoms with E-state index in [-0.39, 0.29) is 30.9 Å². The van der Waals surface area contributed by atoms with E-state index in [0.717, 1.165) is 16.0 Å². The van der Waals surface area contributed by atoms with E-state index >= 15 is 0 Å². The molecule has 0 N–H and O–H groups in total. The number of furan rings is 1. The third-order valence-electron chi connectivity index (χ3n) is 5.59. The van der Waals surface area contributed by atoms with Gasteiger partial charge in [-0.2, -0.15) is 0 Å². The summed E-state index contributed by atoms with van der Waals surface area (Å²) in [4.78, 5) is 31.0. The maximum absolute atomic E-state index is 13.6. The smallest absolute Gasteiger partial charge is 0.290 e. The highest BCUT2D eigenvalue weighted by Crippen LogP contribution is 2.33. The molecule has 3 aromatic rings. The van der Waals surface area contributed by atoms with E-state index in [0.29, 0.717) is 44.2 Å². The van der Waals surface area contributed by atoms with Crippen LogP contribution in [-0.2, 0) is 22.6 Å². The van der Waals surface area contributed by atoms with Crippen LogP contribution < -0.4 is 9.47 Å². The van der Waals surface area contributed by atoms with Gasteiger partial charge >= 0.3 is 0 Å². The molecule has 3 heterocycles. The van der Waals surface area contributed by atoms with Crippen molar-refractivity contribution in [2.45, 2.75) is 26.4 Å². The number of rotatable bonds is 11. The van der Waals surface area contributed by atoms with E-state index in [1.807, 2.05) is 36.6 Å². The lowest BCUT2D eigenvalue weighted by Gasteiger charge is -2.27. The molecule has 0 saturated heterocycles. The number of hydrogen-bond donors (Lipinski definition) is 0. The molecule has 34 heavy (non-hydrogen) atoms. The first-order chi connectivity index (χ1) is 16.5. The zero-order valence-electron chi connectivity index (χ0n) is 19.3. The van der Waals surface area contributed by atoms with Crippen LogP contribution in [0.5, 0.6) is 11.5 Å². The van der Waals surface area contributed by atoms with Crippen LogP contribution in [0.15, 0.2) is 52.5 Å². The summed E-state index contributed by atoms with van der Waals surface area (Å²) in [6, 6.07) is 11.0. The molecule has 0 radical (unpaired) electrons. The Kier molecular flexibility index (Phi) is 7.87. The first kappa shape index (κ1) is 23.8. The average molecular weight is 485 g/mol. The van der Waals surface area contributed by atoms with Gasteiger partial charge in [-0.15, -0.1) is 11.3 Å². The second-order valence-corrected chi connectivity index (χ2v) is 9.02.